The average Bonchev–Trinajstić information content (AvgIpc) is 3.15. The third-order valence-corrected chi connectivity index (χ3v) is 6.71. The van der Waals surface area contributed by atoms with Crippen molar-refractivity contribution in [3.8, 4) is 0 Å². The molecule has 0 saturated carbocycles. The Morgan fingerprint density at radius 3 is 2.81 bits per heavy atom. The van der Waals surface area contributed by atoms with Crippen molar-refractivity contribution in [2.24, 2.45) is 0 Å². The van der Waals surface area contributed by atoms with Crippen molar-refractivity contribution < 1.29 is 13.2 Å². The van der Waals surface area contributed by atoms with E-state index in [-0.39, 0.29) is 10.8 Å². The summed E-state index contributed by atoms with van der Waals surface area (Å²) in [6, 6.07) is 10.2. The molecule has 0 atom stereocenters. The molecular formula is C18H17N3O3S2. The van der Waals surface area contributed by atoms with Gasteiger partial charge >= 0.3 is 0 Å². The second-order valence-corrected chi connectivity index (χ2v) is 9.15. The summed E-state index contributed by atoms with van der Waals surface area (Å²) in [7, 11) is -3.71. The molecule has 3 aromatic rings. The van der Waals surface area contributed by atoms with Crippen LogP contribution >= 0.6 is 11.3 Å². The van der Waals surface area contributed by atoms with Gasteiger partial charge in [0.15, 0.2) is 0 Å². The van der Waals surface area contributed by atoms with Gasteiger partial charge in [0.05, 0.1) is 25.8 Å². The largest absolute Gasteiger partial charge is 0.312 e. The van der Waals surface area contributed by atoms with Gasteiger partial charge in [-0.15, -0.1) is 11.3 Å². The number of thiazole rings is 1. The van der Waals surface area contributed by atoms with Crippen molar-refractivity contribution in [2.75, 3.05) is 16.2 Å². The number of carbonyl (C=O) groups is 1. The molecule has 0 unspecified atom stereocenters. The maximum Gasteiger partial charge on any atom is 0.261 e. The Labute approximate surface area is 155 Å². The molecule has 6 nitrogen and oxygen atoms in total. The summed E-state index contributed by atoms with van der Waals surface area (Å²) in [5.74, 6) is -0.0376. The summed E-state index contributed by atoms with van der Waals surface area (Å²) in [5.41, 5.74) is 2.91. The molecule has 1 amide bonds. The molecule has 26 heavy (non-hydrogen) atoms. The number of amides is 1. The van der Waals surface area contributed by atoms with Crippen LogP contribution in [0.3, 0.4) is 0 Å². The molecule has 0 fully saturated rings. The molecule has 134 valence electrons. The maximum atomic E-state index is 12.7. The van der Waals surface area contributed by atoms with E-state index in [0.29, 0.717) is 18.7 Å². The lowest BCUT2D eigenvalue weighted by atomic mass is 10.2. The molecule has 2 aromatic carbocycles. The first-order chi connectivity index (χ1) is 12.3. The Hall–Kier alpha value is -2.45. The molecule has 1 aliphatic heterocycles. The number of anilines is 2. The van der Waals surface area contributed by atoms with Gasteiger partial charge in [-0.3, -0.25) is 9.52 Å². The monoisotopic (exact) mass is 387 g/mol. The third-order valence-electron chi connectivity index (χ3n) is 4.38. The highest BCUT2D eigenvalue weighted by Crippen LogP contribution is 2.31. The van der Waals surface area contributed by atoms with Gasteiger partial charge in [-0.1, -0.05) is 0 Å². The molecule has 0 aliphatic carbocycles. The van der Waals surface area contributed by atoms with Crippen molar-refractivity contribution in [1.29, 1.82) is 0 Å². The minimum atomic E-state index is -3.71. The normalized spacial score (nSPS) is 13.8. The van der Waals surface area contributed by atoms with E-state index in [4.69, 9.17) is 0 Å². The van der Waals surface area contributed by atoms with Gasteiger partial charge in [0.25, 0.3) is 10.0 Å². The topological polar surface area (TPSA) is 79.4 Å². The van der Waals surface area contributed by atoms with E-state index in [1.807, 2.05) is 13.0 Å². The Morgan fingerprint density at radius 2 is 2.04 bits per heavy atom. The lowest BCUT2D eigenvalue weighted by Gasteiger charge is -2.15. The summed E-state index contributed by atoms with van der Waals surface area (Å²) in [4.78, 5) is 17.9. The first kappa shape index (κ1) is 17.0. The van der Waals surface area contributed by atoms with E-state index >= 15 is 0 Å². The van der Waals surface area contributed by atoms with E-state index in [1.54, 1.807) is 40.5 Å². The predicted molar refractivity (Wildman–Crippen MR) is 103 cm³/mol. The fraction of sp³-hybridized carbons (Fsp3) is 0.222. The SMILES string of the molecule is CC(=O)N1CCc2cc(S(=O)(=O)Nc3ccc4sc(C)nc4c3)ccc21. The van der Waals surface area contributed by atoms with Crippen molar-refractivity contribution in [2.45, 2.75) is 25.2 Å². The number of fused-ring (bicyclic) bond motifs is 2. The quantitative estimate of drug-likeness (QED) is 0.748. The number of carbonyl (C=O) groups excluding carboxylic acids is 1. The summed E-state index contributed by atoms with van der Waals surface area (Å²) in [5, 5.41) is 0.939. The molecule has 0 radical (unpaired) electrons. The number of aryl methyl sites for hydroxylation is 1. The van der Waals surface area contributed by atoms with E-state index < -0.39 is 10.0 Å². The van der Waals surface area contributed by atoms with Crippen LogP contribution in [0.5, 0.6) is 0 Å². The van der Waals surface area contributed by atoms with Gasteiger partial charge < -0.3 is 4.90 Å². The number of benzene rings is 2. The van der Waals surface area contributed by atoms with Crippen molar-refractivity contribution in [3.05, 3.63) is 47.0 Å². The van der Waals surface area contributed by atoms with Crippen LogP contribution < -0.4 is 9.62 Å². The number of nitrogens with one attached hydrogen (secondary N) is 1. The predicted octanol–water partition coefficient (Wildman–Crippen LogP) is 3.31. The molecule has 4 rings (SSSR count). The van der Waals surface area contributed by atoms with Crippen LogP contribution in [0.25, 0.3) is 10.2 Å². The van der Waals surface area contributed by atoms with E-state index in [1.165, 1.54) is 13.0 Å². The second kappa shape index (κ2) is 6.07. The average molecular weight is 387 g/mol. The molecule has 1 aliphatic rings. The van der Waals surface area contributed by atoms with Crippen LogP contribution in [0.1, 0.15) is 17.5 Å². The first-order valence-corrected chi connectivity index (χ1v) is 10.4. The van der Waals surface area contributed by atoms with Gasteiger partial charge in [0.1, 0.15) is 0 Å². The Morgan fingerprint density at radius 1 is 1.23 bits per heavy atom. The van der Waals surface area contributed by atoms with Crippen molar-refractivity contribution >= 4 is 48.9 Å². The number of sulfonamides is 1. The molecule has 1 aromatic heterocycles. The number of nitrogens with zero attached hydrogens (tertiary/aromatic N) is 2. The minimum absolute atomic E-state index is 0.0376. The number of hydrogen-bond acceptors (Lipinski definition) is 5. The Kier molecular flexibility index (Phi) is 3.96. The molecule has 8 heteroatoms. The minimum Gasteiger partial charge on any atom is -0.312 e. The fourth-order valence-electron chi connectivity index (χ4n) is 3.19. The van der Waals surface area contributed by atoms with E-state index in [0.717, 1.165) is 26.5 Å². The molecule has 0 spiro atoms. The summed E-state index contributed by atoms with van der Waals surface area (Å²) < 4.78 is 29.1. The zero-order chi connectivity index (χ0) is 18.5. The molecule has 1 N–H and O–H groups in total. The number of hydrogen-bond donors (Lipinski definition) is 1. The Balaban J connectivity index is 1.65. The van der Waals surface area contributed by atoms with Crippen molar-refractivity contribution in [3.63, 3.8) is 0 Å². The molecule has 0 saturated heterocycles. The van der Waals surface area contributed by atoms with Gasteiger partial charge in [0.2, 0.25) is 5.91 Å². The van der Waals surface area contributed by atoms with Crippen LogP contribution in [0.4, 0.5) is 11.4 Å². The highest BCUT2D eigenvalue weighted by Gasteiger charge is 2.24. The molecular weight excluding hydrogens is 370 g/mol. The fourth-order valence-corrected chi connectivity index (χ4v) is 5.10. The highest BCUT2D eigenvalue weighted by atomic mass is 32.2. The zero-order valence-electron chi connectivity index (χ0n) is 14.3. The van der Waals surface area contributed by atoms with Gasteiger partial charge in [0, 0.05) is 19.2 Å². The van der Waals surface area contributed by atoms with E-state index in [2.05, 4.69) is 9.71 Å². The smallest absolute Gasteiger partial charge is 0.261 e. The maximum absolute atomic E-state index is 12.7. The summed E-state index contributed by atoms with van der Waals surface area (Å²) in [6.07, 6.45) is 0.655. The highest BCUT2D eigenvalue weighted by molar-refractivity contribution is 7.92. The second-order valence-electron chi connectivity index (χ2n) is 6.23. The van der Waals surface area contributed by atoms with E-state index in [9.17, 15) is 13.2 Å². The van der Waals surface area contributed by atoms with Crippen LogP contribution in [-0.4, -0.2) is 25.9 Å². The molecule has 2 heterocycles. The zero-order valence-corrected chi connectivity index (χ0v) is 15.9. The standard InChI is InChI=1S/C18H17N3O3S2/c1-11-19-16-10-14(3-6-18(16)25-11)20-26(23,24)15-4-5-17-13(9-15)7-8-21(17)12(2)22/h3-6,9-10,20H,7-8H2,1-2H3. The molecule has 0 bridgehead atoms. The summed E-state index contributed by atoms with van der Waals surface area (Å²) in [6.45, 7) is 4.02. The van der Waals surface area contributed by atoms with Crippen LogP contribution in [-0.2, 0) is 21.2 Å². The van der Waals surface area contributed by atoms with Crippen LogP contribution in [0, 0.1) is 6.92 Å². The third kappa shape index (κ3) is 2.95. The lowest BCUT2D eigenvalue weighted by molar-refractivity contribution is -0.116. The van der Waals surface area contributed by atoms with Crippen LogP contribution in [0.15, 0.2) is 41.3 Å². The van der Waals surface area contributed by atoms with Gasteiger partial charge in [-0.25, -0.2) is 13.4 Å². The Bertz CT molecular complexity index is 1140. The van der Waals surface area contributed by atoms with Gasteiger partial charge in [-0.05, 0) is 55.3 Å². The lowest BCUT2D eigenvalue weighted by Crippen LogP contribution is -2.25. The number of aromatic nitrogens is 1. The van der Waals surface area contributed by atoms with Gasteiger partial charge in [-0.2, -0.15) is 0 Å². The van der Waals surface area contributed by atoms with Crippen molar-refractivity contribution in [1.82, 2.24) is 4.98 Å². The number of rotatable bonds is 3. The first-order valence-electron chi connectivity index (χ1n) is 8.14. The van der Waals surface area contributed by atoms with Crippen LogP contribution in [0.2, 0.25) is 0 Å². The summed E-state index contributed by atoms with van der Waals surface area (Å²) >= 11 is 1.57.